The number of fused-ring (bicyclic) bond motifs is 1. The Balaban J connectivity index is 1.55. The first-order valence-corrected chi connectivity index (χ1v) is 13.1. The molecule has 0 radical (unpaired) electrons. The Hall–Kier alpha value is -2.76. The molecule has 0 spiro atoms. The van der Waals surface area contributed by atoms with Crippen molar-refractivity contribution in [1.29, 1.82) is 0 Å². The van der Waals surface area contributed by atoms with Crippen LogP contribution in [0.1, 0.15) is 66.7 Å². The Morgan fingerprint density at radius 2 is 2.06 bits per heavy atom. The number of carbonyl (C=O) groups is 2. The molecule has 1 aliphatic rings. The van der Waals surface area contributed by atoms with E-state index in [9.17, 15) is 14.7 Å². The number of hydrogen-bond donors (Lipinski definition) is 4. The highest BCUT2D eigenvalue weighted by Gasteiger charge is 2.33. The first kappa shape index (κ1) is 25.3. The number of amides is 1. The van der Waals surface area contributed by atoms with Gasteiger partial charge in [-0.15, -0.1) is 0 Å². The molecule has 0 aromatic carbocycles. The number of rotatable bonds is 9. The van der Waals surface area contributed by atoms with Crippen LogP contribution >= 0.6 is 22.9 Å². The maximum Gasteiger partial charge on any atom is 0.337 e. The van der Waals surface area contributed by atoms with Gasteiger partial charge < -0.3 is 25.6 Å². The van der Waals surface area contributed by atoms with Gasteiger partial charge in [0.15, 0.2) is 21.8 Å². The molecular formula is C23H30ClN7O3S. The highest BCUT2D eigenvalue weighted by molar-refractivity contribution is 7.22. The molecule has 0 saturated carbocycles. The van der Waals surface area contributed by atoms with Crippen LogP contribution < -0.4 is 15.5 Å². The number of carboxylic acids is 1. The average molecular weight is 520 g/mol. The Morgan fingerprint density at radius 3 is 2.71 bits per heavy atom. The second-order valence-electron chi connectivity index (χ2n) is 8.62. The molecule has 10 nitrogen and oxygen atoms in total. The molecule has 2 atom stereocenters. The van der Waals surface area contributed by atoms with Gasteiger partial charge in [-0.1, -0.05) is 43.7 Å². The van der Waals surface area contributed by atoms with E-state index in [4.69, 9.17) is 11.6 Å². The molecule has 0 aliphatic carbocycles. The van der Waals surface area contributed by atoms with Crippen LogP contribution in [-0.4, -0.2) is 68.1 Å². The molecule has 4 rings (SSSR count). The predicted octanol–water partition coefficient (Wildman–Crippen LogP) is 3.48. The molecule has 4 heterocycles. The van der Waals surface area contributed by atoms with Crippen molar-refractivity contribution in [2.24, 2.45) is 0 Å². The van der Waals surface area contributed by atoms with Crippen molar-refractivity contribution in [3.05, 3.63) is 34.5 Å². The quantitative estimate of drug-likeness (QED) is 0.337. The van der Waals surface area contributed by atoms with Gasteiger partial charge in [0.25, 0.3) is 5.91 Å². The Bertz CT molecular complexity index is 1210. The third-order valence-electron chi connectivity index (χ3n) is 6.44. The van der Waals surface area contributed by atoms with Crippen LogP contribution in [0.25, 0.3) is 10.3 Å². The smallest absolute Gasteiger partial charge is 0.337 e. The predicted molar refractivity (Wildman–Crippen MR) is 137 cm³/mol. The zero-order chi connectivity index (χ0) is 25.1. The number of H-pyrrole nitrogens is 1. The molecule has 4 N–H and O–H groups in total. The largest absolute Gasteiger partial charge is 0.478 e. The lowest BCUT2D eigenvalue weighted by Gasteiger charge is -2.40. The van der Waals surface area contributed by atoms with Gasteiger partial charge in [0, 0.05) is 37.4 Å². The summed E-state index contributed by atoms with van der Waals surface area (Å²) in [7, 11) is 0. The molecule has 1 amide bonds. The number of imidazole rings is 1. The van der Waals surface area contributed by atoms with Crippen molar-refractivity contribution in [3.8, 4) is 0 Å². The van der Waals surface area contributed by atoms with Crippen molar-refractivity contribution in [2.45, 2.75) is 64.6 Å². The minimum Gasteiger partial charge on any atom is -0.478 e. The van der Waals surface area contributed by atoms with Crippen molar-refractivity contribution in [2.75, 3.05) is 18.0 Å². The molecule has 1 aliphatic heterocycles. The summed E-state index contributed by atoms with van der Waals surface area (Å²) < 4.78 is 0.566. The SMILES string of the molecule is CCc1[nH]c(C(=O)N[C@@H]2CCN(c3nc4nccc(C(=O)O)c4s3)C[C@@H]2NC(CC)CC)nc1Cl. The zero-order valence-electron chi connectivity index (χ0n) is 20.0. The fraction of sp³-hybridized carbons (Fsp3) is 0.522. The summed E-state index contributed by atoms with van der Waals surface area (Å²) in [6, 6.07) is 1.65. The van der Waals surface area contributed by atoms with Gasteiger partial charge in [-0.2, -0.15) is 4.98 Å². The van der Waals surface area contributed by atoms with Gasteiger partial charge >= 0.3 is 5.97 Å². The summed E-state index contributed by atoms with van der Waals surface area (Å²) in [6.45, 7) is 7.50. The van der Waals surface area contributed by atoms with Gasteiger partial charge in [-0.25, -0.2) is 14.8 Å². The number of aromatic nitrogens is 4. The van der Waals surface area contributed by atoms with Gasteiger partial charge in [-0.3, -0.25) is 4.79 Å². The van der Waals surface area contributed by atoms with Crippen molar-refractivity contribution < 1.29 is 14.7 Å². The molecule has 188 valence electrons. The summed E-state index contributed by atoms with van der Waals surface area (Å²) in [5.41, 5.74) is 1.38. The Labute approximate surface area is 212 Å². The van der Waals surface area contributed by atoms with Crippen molar-refractivity contribution in [3.63, 3.8) is 0 Å². The summed E-state index contributed by atoms with van der Waals surface area (Å²) in [4.78, 5) is 42.8. The van der Waals surface area contributed by atoms with E-state index >= 15 is 0 Å². The molecule has 0 bridgehead atoms. The lowest BCUT2D eigenvalue weighted by molar-refractivity contribution is 0.0698. The number of carboxylic acid groups (broad SMARTS) is 1. The number of anilines is 1. The molecule has 1 fully saturated rings. The summed E-state index contributed by atoms with van der Waals surface area (Å²) in [5, 5.41) is 17.4. The van der Waals surface area contributed by atoms with Gasteiger partial charge in [0.1, 0.15) is 0 Å². The van der Waals surface area contributed by atoms with Crippen LogP contribution in [0.2, 0.25) is 5.15 Å². The van der Waals surface area contributed by atoms with Crippen molar-refractivity contribution >= 4 is 50.3 Å². The van der Waals surface area contributed by atoms with Crippen LogP contribution in [0.3, 0.4) is 0 Å². The highest BCUT2D eigenvalue weighted by Crippen LogP contribution is 2.32. The van der Waals surface area contributed by atoms with Crippen LogP contribution in [0.5, 0.6) is 0 Å². The lowest BCUT2D eigenvalue weighted by atomic mass is 9.97. The molecule has 1 saturated heterocycles. The molecular weight excluding hydrogens is 490 g/mol. The third-order valence-corrected chi connectivity index (χ3v) is 7.89. The first-order valence-electron chi connectivity index (χ1n) is 11.9. The topological polar surface area (TPSA) is 136 Å². The van der Waals surface area contributed by atoms with E-state index in [1.807, 2.05) is 6.92 Å². The summed E-state index contributed by atoms with van der Waals surface area (Å²) in [6.07, 6.45) is 4.76. The van der Waals surface area contributed by atoms with E-state index in [0.29, 0.717) is 47.5 Å². The second-order valence-corrected chi connectivity index (χ2v) is 9.96. The number of aryl methyl sites for hydroxylation is 1. The summed E-state index contributed by atoms with van der Waals surface area (Å²) >= 11 is 7.47. The number of thiazole rings is 1. The number of aromatic amines is 1. The molecule has 3 aromatic heterocycles. The molecule has 12 heteroatoms. The van der Waals surface area contributed by atoms with E-state index in [0.717, 1.165) is 23.7 Å². The highest BCUT2D eigenvalue weighted by atomic mass is 35.5. The fourth-order valence-electron chi connectivity index (χ4n) is 4.39. The van der Waals surface area contributed by atoms with Crippen LogP contribution in [0.4, 0.5) is 5.13 Å². The Morgan fingerprint density at radius 1 is 1.29 bits per heavy atom. The zero-order valence-corrected chi connectivity index (χ0v) is 21.5. The van der Waals surface area contributed by atoms with Gasteiger partial charge in [0.05, 0.1) is 16.0 Å². The van der Waals surface area contributed by atoms with Crippen LogP contribution in [0.15, 0.2) is 12.3 Å². The molecule has 35 heavy (non-hydrogen) atoms. The summed E-state index contributed by atoms with van der Waals surface area (Å²) in [5.74, 6) is -1.06. The minimum atomic E-state index is -0.994. The third kappa shape index (κ3) is 5.41. The van der Waals surface area contributed by atoms with Crippen LogP contribution in [-0.2, 0) is 6.42 Å². The fourth-order valence-corrected chi connectivity index (χ4v) is 5.72. The number of aromatic carboxylic acids is 1. The number of carbonyl (C=O) groups excluding carboxylic acids is 1. The second kappa shape index (κ2) is 10.9. The van der Waals surface area contributed by atoms with Crippen LogP contribution in [0, 0.1) is 0 Å². The van der Waals surface area contributed by atoms with Crippen molar-refractivity contribution in [1.82, 2.24) is 30.6 Å². The lowest BCUT2D eigenvalue weighted by Crippen LogP contribution is -2.61. The van der Waals surface area contributed by atoms with Gasteiger partial charge in [-0.05, 0) is 31.7 Å². The monoisotopic (exact) mass is 519 g/mol. The van der Waals surface area contributed by atoms with E-state index in [1.165, 1.54) is 23.6 Å². The minimum absolute atomic E-state index is 0.0346. The van der Waals surface area contributed by atoms with E-state index in [2.05, 4.69) is 49.3 Å². The normalized spacial score (nSPS) is 18.4. The number of hydrogen-bond acceptors (Lipinski definition) is 8. The number of nitrogens with zero attached hydrogens (tertiary/aromatic N) is 4. The van der Waals surface area contributed by atoms with E-state index in [1.54, 1.807) is 0 Å². The maximum absolute atomic E-state index is 13.0. The Kier molecular flexibility index (Phi) is 7.88. The average Bonchev–Trinajstić information content (AvgIpc) is 3.46. The maximum atomic E-state index is 13.0. The van der Waals surface area contributed by atoms with E-state index in [-0.39, 0.29) is 29.4 Å². The number of piperidine rings is 1. The standard InChI is InChI=1S/C23H30ClN7O3S/c1-4-12(5-2)26-16-11-31(23-30-19-17(35-23)13(22(33)34)7-9-25-19)10-8-15(16)28-21(32)20-27-14(6-3)18(24)29-20/h7,9,12,15-16,26H,4-6,8,10-11H2,1-3H3,(H,27,29)(H,28,32)(H,33,34)/t15-,16+/m1/s1. The van der Waals surface area contributed by atoms with Gasteiger partial charge in [0.2, 0.25) is 0 Å². The number of nitrogens with one attached hydrogen (secondary N) is 3. The first-order chi connectivity index (χ1) is 16.8. The number of halogens is 1. The molecule has 3 aromatic rings. The van der Waals surface area contributed by atoms with E-state index < -0.39 is 5.97 Å². The molecule has 0 unspecified atom stereocenters. The number of pyridine rings is 1.